The molecule has 2 fully saturated rings. The number of aryl methyl sites for hydroxylation is 1. The third-order valence-electron chi connectivity index (χ3n) is 7.10. The second kappa shape index (κ2) is 13.9. The van der Waals surface area contributed by atoms with Crippen LogP contribution in [-0.2, 0) is 41.1 Å². The van der Waals surface area contributed by atoms with Crippen molar-refractivity contribution in [2.75, 3.05) is 13.2 Å². The molecule has 5 heterocycles. The van der Waals surface area contributed by atoms with E-state index in [1.165, 1.54) is 35.6 Å². The minimum Gasteiger partial charge on any atom is -0.477 e. The summed E-state index contributed by atoms with van der Waals surface area (Å²) >= 11 is 0. The molecule has 2 saturated heterocycles. The summed E-state index contributed by atoms with van der Waals surface area (Å²) in [6.45, 7) is -0.422. The standard InChI is InChI=1S/C22H28N5O18P3/c1-10-14-19(24-8-23-10)27(9-25-14)21-18(44-46(33,34)35)16(29)13(43-21)7-41-48(38,39)45-47(36,37)40-6-12-15(28)17(30)20(42-12)26-4-2-3-11(5-26)22(31)32/h2-5,8-9,12-13,15-18,20-21,28-30H,6-7H2,1H3,(H4-,31,32,33,34,35,36,37,38,39)/p+1/t12?,13?,15-,16-,17-,18-,20?,21?/m1/s1. The lowest BCUT2D eigenvalue weighted by Crippen LogP contribution is -2.46. The number of hydrogen-bond acceptors (Lipinski definition) is 16. The molecule has 48 heavy (non-hydrogen) atoms. The van der Waals surface area contributed by atoms with Crippen LogP contribution < -0.4 is 4.57 Å². The number of aromatic nitrogens is 5. The smallest absolute Gasteiger partial charge is 0.477 e. The molecule has 0 saturated carbocycles. The molecular weight excluding hydrogens is 715 g/mol. The Morgan fingerprint density at radius 3 is 2.23 bits per heavy atom. The van der Waals surface area contributed by atoms with Crippen LogP contribution in [0.15, 0.2) is 37.2 Å². The molecule has 0 aliphatic carbocycles. The SMILES string of the molecule is Cc1ncnc2c1ncn2C1OC(COP(=O)(O)OP(=O)(O)OCC2OC([n+]3cccc(C(=O)O)c3)[C@H](O)[C@@H]2O)[C@@H](O)[C@H]1OP(=O)(O)O. The first-order valence-electron chi connectivity index (χ1n) is 13.5. The van der Waals surface area contributed by atoms with Gasteiger partial charge in [0.15, 0.2) is 30.4 Å². The first-order chi connectivity index (χ1) is 22.4. The van der Waals surface area contributed by atoms with E-state index in [0.29, 0.717) is 5.69 Å². The highest BCUT2D eigenvalue weighted by Crippen LogP contribution is 2.61. The maximum atomic E-state index is 12.6. The maximum Gasteiger partial charge on any atom is 0.481 e. The molecule has 10 atom stereocenters. The van der Waals surface area contributed by atoms with Crippen molar-refractivity contribution in [3.05, 3.63) is 48.4 Å². The number of hydrogen-bond donors (Lipinski definition) is 8. The van der Waals surface area contributed by atoms with E-state index in [0.717, 1.165) is 10.8 Å². The average Bonchev–Trinajstić information content (AvgIpc) is 3.64. The van der Waals surface area contributed by atoms with Gasteiger partial charge in [-0.3, -0.25) is 18.1 Å². The molecule has 0 spiro atoms. The summed E-state index contributed by atoms with van der Waals surface area (Å²) in [6.07, 6.45) is -8.36. The number of imidazole rings is 1. The van der Waals surface area contributed by atoms with E-state index in [2.05, 4.69) is 23.8 Å². The lowest BCUT2D eigenvalue weighted by atomic mass is 10.1. The Hall–Kier alpha value is -2.66. The summed E-state index contributed by atoms with van der Waals surface area (Å²) in [5.41, 5.74) is 0.667. The summed E-state index contributed by atoms with van der Waals surface area (Å²) in [5, 5.41) is 40.7. The molecule has 5 rings (SSSR count). The van der Waals surface area contributed by atoms with Gasteiger partial charge >= 0.3 is 29.4 Å². The highest BCUT2D eigenvalue weighted by Gasteiger charge is 2.51. The van der Waals surface area contributed by atoms with Crippen LogP contribution >= 0.6 is 23.5 Å². The molecule has 3 aromatic heterocycles. The molecule has 3 aromatic rings. The van der Waals surface area contributed by atoms with Gasteiger partial charge in [0, 0.05) is 6.07 Å². The van der Waals surface area contributed by atoms with Crippen LogP contribution in [0, 0.1) is 6.92 Å². The summed E-state index contributed by atoms with van der Waals surface area (Å²) in [5.74, 6) is -1.29. The number of rotatable bonds is 13. The van der Waals surface area contributed by atoms with E-state index in [9.17, 15) is 58.5 Å². The van der Waals surface area contributed by atoms with Crippen LogP contribution in [0.4, 0.5) is 0 Å². The van der Waals surface area contributed by atoms with E-state index < -0.39 is 91.7 Å². The minimum atomic E-state index is -5.52. The number of aliphatic hydroxyl groups is 3. The van der Waals surface area contributed by atoms with Crippen LogP contribution in [-0.4, -0.2) is 115 Å². The molecular formula is C22H29N5O18P3+. The van der Waals surface area contributed by atoms with E-state index in [1.807, 2.05) is 0 Å². The van der Waals surface area contributed by atoms with Crippen molar-refractivity contribution in [1.29, 1.82) is 0 Å². The first kappa shape index (κ1) is 36.6. The Labute approximate surface area is 268 Å². The summed E-state index contributed by atoms with van der Waals surface area (Å²) < 4.78 is 68.4. The van der Waals surface area contributed by atoms with E-state index in [-0.39, 0.29) is 16.7 Å². The van der Waals surface area contributed by atoms with Crippen LogP contribution in [0.25, 0.3) is 11.2 Å². The Bertz CT molecular complexity index is 1810. The van der Waals surface area contributed by atoms with Gasteiger partial charge in [-0.25, -0.2) is 33.4 Å². The molecule has 0 bridgehead atoms. The van der Waals surface area contributed by atoms with Crippen molar-refractivity contribution in [1.82, 2.24) is 19.5 Å². The predicted molar refractivity (Wildman–Crippen MR) is 149 cm³/mol. The zero-order valence-corrected chi connectivity index (χ0v) is 26.9. The number of ether oxygens (including phenoxy) is 2. The molecule has 6 unspecified atom stereocenters. The number of aliphatic hydroxyl groups excluding tert-OH is 3. The van der Waals surface area contributed by atoms with Gasteiger partial charge in [0.1, 0.15) is 47.9 Å². The van der Waals surface area contributed by atoms with Crippen molar-refractivity contribution in [2.24, 2.45) is 0 Å². The van der Waals surface area contributed by atoms with Gasteiger partial charge < -0.3 is 49.5 Å². The van der Waals surface area contributed by atoms with Gasteiger partial charge in [0.25, 0.3) is 6.23 Å². The summed E-state index contributed by atoms with van der Waals surface area (Å²) in [6, 6.07) is 2.59. The normalized spacial score (nSPS) is 30.3. The Kier molecular flexibility index (Phi) is 10.6. The number of carbonyl (C=O) groups is 1. The van der Waals surface area contributed by atoms with Gasteiger partial charge in [0.05, 0.1) is 25.2 Å². The van der Waals surface area contributed by atoms with Crippen molar-refractivity contribution < 1.29 is 90.4 Å². The number of aromatic carboxylic acids is 1. The predicted octanol–water partition coefficient (Wildman–Crippen LogP) is -1.57. The van der Waals surface area contributed by atoms with Gasteiger partial charge in [-0.1, -0.05) is 0 Å². The molecule has 0 aromatic carbocycles. The minimum absolute atomic E-state index is 0.123. The lowest BCUT2D eigenvalue weighted by molar-refractivity contribution is -0.765. The van der Waals surface area contributed by atoms with Crippen molar-refractivity contribution in [2.45, 2.75) is 56.0 Å². The number of carboxylic acids is 1. The quantitative estimate of drug-likeness (QED) is 0.0723. The average molecular weight is 744 g/mol. The van der Waals surface area contributed by atoms with Gasteiger partial charge in [-0.15, -0.1) is 0 Å². The molecule has 26 heteroatoms. The molecule has 264 valence electrons. The summed E-state index contributed by atoms with van der Waals surface area (Å²) in [7, 11) is -16.2. The largest absolute Gasteiger partial charge is 0.481 e. The highest BCUT2D eigenvalue weighted by atomic mass is 31.3. The number of phosphoric ester groups is 3. The Morgan fingerprint density at radius 1 is 0.958 bits per heavy atom. The molecule has 2 aliphatic heterocycles. The zero-order valence-electron chi connectivity index (χ0n) is 24.2. The van der Waals surface area contributed by atoms with Crippen LogP contribution in [0.2, 0.25) is 0 Å². The second-order valence-electron chi connectivity index (χ2n) is 10.4. The molecule has 8 N–H and O–H groups in total. The maximum absolute atomic E-state index is 12.6. The molecule has 23 nitrogen and oxygen atoms in total. The number of pyridine rings is 1. The van der Waals surface area contributed by atoms with Crippen molar-refractivity contribution in [3.63, 3.8) is 0 Å². The second-order valence-corrected chi connectivity index (χ2v) is 14.6. The monoisotopic (exact) mass is 744 g/mol. The number of phosphoric acid groups is 3. The van der Waals surface area contributed by atoms with Crippen LogP contribution in [0.1, 0.15) is 28.5 Å². The zero-order chi connectivity index (χ0) is 35.2. The topological polar surface area (TPSA) is 333 Å². The highest BCUT2D eigenvalue weighted by molar-refractivity contribution is 7.61. The fourth-order valence-electron chi connectivity index (χ4n) is 4.91. The molecule has 0 radical (unpaired) electrons. The fourth-order valence-corrected chi connectivity index (χ4v) is 7.55. The first-order valence-corrected chi connectivity index (χ1v) is 18.0. The number of fused-ring (bicyclic) bond motifs is 1. The Morgan fingerprint density at radius 2 is 1.60 bits per heavy atom. The number of nitrogens with zero attached hydrogens (tertiary/aromatic N) is 5. The summed E-state index contributed by atoms with van der Waals surface area (Å²) in [4.78, 5) is 62.4. The lowest BCUT2D eigenvalue weighted by Gasteiger charge is -2.22. The van der Waals surface area contributed by atoms with Crippen LogP contribution in [0.3, 0.4) is 0 Å². The van der Waals surface area contributed by atoms with Gasteiger partial charge in [0.2, 0.25) is 0 Å². The van der Waals surface area contributed by atoms with Crippen molar-refractivity contribution in [3.8, 4) is 0 Å². The van der Waals surface area contributed by atoms with Crippen LogP contribution in [0.5, 0.6) is 0 Å². The molecule has 2 aliphatic rings. The number of carboxylic acid groups (broad SMARTS) is 1. The third-order valence-corrected chi connectivity index (χ3v) is 10.2. The Balaban J connectivity index is 1.21. The van der Waals surface area contributed by atoms with E-state index in [4.69, 9.17) is 18.5 Å². The van der Waals surface area contributed by atoms with Gasteiger partial charge in [-0.2, -0.15) is 8.88 Å². The van der Waals surface area contributed by atoms with E-state index in [1.54, 1.807) is 6.92 Å². The van der Waals surface area contributed by atoms with Crippen molar-refractivity contribution >= 4 is 40.6 Å². The third kappa shape index (κ3) is 8.20. The molecule has 0 amide bonds. The van der Waals surface area contributed by atoms with E-state index >= 15 is 0 Å². The fraction of sp³-hybridized carbons (Fsp3) is 0.500. The van der Waals surface area contributed by atoms with Gasteiger partial charge in [-0.05, 0) is 13.0 Å².